The number of esters is 1. The third-order valence-electron chi connectivity index (χ3n) is 3.45. The summed E-state index contributed by atoms with van der Waals surface area (Å²) >= 11 is 0. The number of hydrogen-bond donors (Lipinski definition) is 1. The van der Waals surface area contributed by atoms with Gasteiger partial charge in [-0.25, -0.2) is 0 Å². The van der Waals surface area contributed by atoms with Gasteiger partial charge in [0.05, 0.1) is 50.3 Å². The number of carbonyl (C=O) groups excluding carboxylic acids is 1. The molecule has 0 aromatic heterocycles. The third-order valence-corrected chi connectivity index (χ3v) is 3.45. The summed E-state index contributed by atoms with van der Waals surface area (Å²) < 4.78 is 25.7. The van der Waals surface area contributed by atoms with E-state index in [0.717, 1.165) is 6.42 Å². The van der Waals surface area contributed by atoms with E-state index < -0.39 is 0 Å². The lowest BCUT2D eigenvalue weighted by molar-refractivity contribution is -0.142. The predicted molar refractivity (Wildman–Crippen MR) is 96.7 cm³/mol. The number of carbonyl (C=O) groups is 1. The summed E-state index contributed by atoms with van der Waals surface area (Å²) in [6, 6.07) is 0. The van der Waals surface area contributed by atoms with Crippen molar-refractivity contribution in [3.8, 4) is 0 Å². The smallest absolute Gasteiger partial charge is 0.302 e. The maximum atomic E-state index is 10.4. The van der Waals surface area contributed by atoms with Crippen molar-refractivity contribution in [2.45, 2.75) is 71.9 Å². The Labute approximate surface area is 152 Å². The van der Waals surface area contributed by atoms with Gasteiger partial charge in [-0.1, -0.05) is 0 Å². The number of aliphatic hydroxyl groups excluding tert-OH is 1. The van der Waals surface area contributed by atoms with Gasteiger partial charge < -0.3 is 28.8 Å². The van der Waals surface area contributed by atoms with Crippen molar-refractivity contribution in [1.82, 2.24) is 0 Å². The van der Waals surface area contributed by atoms with Crippen LogP contribution in [0.25, 0.3) is 0 Å². The lowest BCUT2D eigenvalue weighted by Crippen LogP contribution is -2.25. The molecule has 25 heavy (non-hydrogen) atoms. The van der Waals surface area contributed by atoms with Crippen molar-refractivity contribution in [2.75, 3.05) is 40.6 Å². The average Bonchev–Trinajstić information content (AvgIpc) is 2.57. The molecule has 7 heteroatoms. The highest BCUT2D eigenvalue weighted by molar-refractivity contribution is 5.65. The molecule has 0 bridgehead atoms. The van der Waals surface area contributed by atoms with Crippen LogP contribution >= 0.6 is 0 Å². The van der Waals surface area contributed by atoms with Gasteiger partial charge in [0.15, 0.2) is 0 Å². The van der Waals surface area contributed by atoms with Gasteiger partial charge in [-0.2, -0.15) is 0 Å². The van der Waals surface area contributed by atoms with Gasteiger partial charge >= 0.3 is 5.97 Å². The topological polar surface area (TPSA) is 83.5 Å². The Morgan fingerprint density at radius 1 is 1.00 bits per heavy atom. The van der Waals surface area contributed by atoms with Crippen LogP contribution in [-0.4, -0.2) is 75.6 Å². The minimum absolute atomic E-state index is 0.0293. The minimum Gasteiger partial charge on any atom is -0.466 e. The molecule has 0 aliphatic carbocycles. The molecule has 0 aliphatic heterocycles. The first kappa shape index (κ1) is 26.5. The number of hydrogen-bond acceptors (Lipinski definition) is 7. The Bertz CT molecular complexity index is 307. The number of ether oxygens (including phenoxy) is 5. The van der Waals surface area contributed by atoms with E-state index >= 15 is 0 Å². The van der Waals surface area contributed by atoms with Gasteiger partial charge in [-0.05, 0) is 34.6 Å². The highest BCUT2D eigenvalue weighted by Crippen LogP contribution is 2.12. The van der Waals surface area contributed by atoms with Crippen molar-refractivity contribution in [2.24, 2.45) is 0 Å². The zero-order chi connectivity index (χ0) is 19.9. The molecule has 1 N–H and O–H groups in total. The molecule has 0 aromatic rings. The van der Waals surface area contributed by atoms with Crippen molar-refractivity contribution >= 4 is 5.97 Å². The summed E-state index contributed by atoms with van der Waals surface area (Å²) in [5.41, 5.74) is -0.199. The Balaban J connectivity index is 0. The first-order chi connectivity index (χ1) is 11.6. The zero-order valence-electron chi connectivity index (χ0n) is 17.2. The van der Waals surface area contributed by atoms with Crippen molar-refractivity contribution in [3.05, 3.63) is 0 Å². The molecular weight excluding hydrogens is 328 g/mol. The second-order valence-electron chi connectivity index (χ2n) is 6.57. The molecule has 7 nitrogen and oxygen atoms in total. The van der Waals surface area contributed by atoms with Crippen molar-refractivity contribution in [3.63, 3.8) is 0 Å². The summed E-state index contributed by atoms with van der Waals surface area (Å²) in [5, 5.41) is 8.72. The molecule has 3 unspecified atom stereocenters. The quantitative estimate of drug-likeness (QED) is 0.530. The van der Waals surface area contributed by atoms with E-state index in [0.29, 0.717) is 19.8 Å². The van der Waals surface area contributed by atoms with E-state index in [9.17, 15) is 4.79 Å². The molecule has 0 amide bonds. The third kappa shape index (κ3) is 19.4. The summed E-state index contributed by atoms with van der Waals surface area (Å²) in [5.74, 6) is -0.239. The summed E-state index contributed by atoms with van der Waals surface area (Å²) in [4.78, 5) is 10.4. The molecule has 0 saturated carbocycles. The molecule has 0 aromatic carbocycles. The van der Waals surface area contributed by atoms with E-state index in [4.69, 9.17) is 28.8 Å². The zero-order valence-corrected chi connectivity index (χ0v) is 17.2. The van der Waals surface area contributed by atoms with Crippen molar-refractivity contribution < 1.29 is 33.6 Å². The molecule has 0 saturated heterocycles. The lowest BCUT2D eigenvalue weighted by Gasteiger charge is -2.21. The standard InChI is InChI=1S/C10H22O4.C8H16O3/c1-8(5-11)13-7-10(3)14-6-9(2)12-4;1-7(9)11-6-5-8(2,3)10-4/h8-11H,5-7H2,1-4H3;5-6H2,1-4H3. The van der Waals surface area contributed by atoms with Gasteiger partial charge in [0.1, 0.15) is 0 Å². The second-order valence-corrected chi connectivity index (χ2v) is 6.57. The fourth-order valence-corrected chi connectivity index (χ4v) is 1.31. The van der Waals surface area contributed by atoms with Crippen LogP contribution in [0.5, 0.6) is 0 Å². The monoisotopic (exact) mass is 366 g/mol. The first-order valence-corrected chi connectivity index (χ1v) is 8.63. The SMILES string of the molecule is COC(C)(C)CCOC(C)=O.COC(C)COC(C)COC(C)CO. The lowest BCUT2D eigenvalue weighted by atomic mass is 10.1. The maximum Gasteiger partial charge on any atom is 0.302 e. The van der Waals surface area contributed by atoms with Crippen LogP contribution in [0.2, 0.25) is 0 Å². The summed E-state index contributed by atoms with van der Waals surface area (Å²) in [7, 11) is 3.30. The van der Waals surface area contributed by atoms with E-state index in [1.807, 2.05) is 34.6 Å². The van der Waals surface area contributed by atoms with E-state index in [2.05, 4.69) is 0 Å². The molecule has 0 rings (SSSR count). The Morgan fingerprint density at radius 2 is 1.52 bits per heavy atom. The van der Waals surface area contributed by atoms with Gasteiger partial charge in [0, 0.05) is 27.6 Å². The van der Waals surface area contributed by atoms with Crippen LogP contribution in [0.15, 0.2) is 0 Å². The molecule has 152 valence electrons. The highest BCUT2D eigenvalue weighted by atomic mass is 16.6. The van der Waals surface area contributed by atoms with Crippen LogP contribution in [0, 0.1) is 0 Å². The first-order valence-electron chi connectivity index (χ1n) is 8.63. The van der Waals surface area contributed by atoms with Gasteiger partial charge in [0.2, 0.25) is 0 Å². The van der Waals surface area contributed by atoms with Gasteiger partial charge in [0.25, 0.3) is 0 Å². The summed E-state index contributed by atoms with van der Waals surface area (Å²) in [6.45, 7) is 12.6. The van der Waals surface area contributed by atoms with Crippen LogP contribution in [0.1, 0.15) is 48.0 Å². The van der Waals surface area contributed by atoms with Crippen molar-refractivity contribution in [1.29, 1.82) is 0 Å². The second kappa shape index (κ2) is 15.5. The van der Waals surface area contributed by atoms with Crippen LogP contribution in [0.4, 0.5) is 0 Å². The molecule has 3 atom stereocenters. The Kier molecular flexibility index (Phi) is 16.4. The minimum atomic E-state index is -0.239. The predicted octanol–water partition coefficient (Wildman–Crippen LogP) is 2.19. The average molecular weight is 366 g/mol. The Hall–Kier alpha value is -0.730. The molecule has 0 spiro atoms. The largest absolute Gasteiger partial charge is 0.466 e. The van der Waals surface area contributed by atoms with Crippen LogP contribution in [-0.2, 0) is 28.5 Å². The molecule has 0 fully saturated rings. The van der Waals surface area contributed by atoms with Crippen LogP contribution < -0.4 is 0 Å². The number of methoxy groups -OCH3 is 2. The van der Waals surface area contributed by atoms with Gasteiger partial charge in [-0.3, -0.25) is 4.79 Å². The number of rotatable bonds is 12. The molecule has 0 radical (unpaired) electrons. The number of aliphatic hydroxyl groups is 1. The van der Waals surface area contributed by atoms with E-state index in [-0.39, 0.29) is 36.5 Å². The molecular formula is C18H38O7. The van der Waals surface area contributed by atoms with Gasteiger partial charge in [-0.15, -0.1) is 0 Å². The maximum absolute atomic E-state index is 10.4. The van der Waals surface area contributed by atoms with Crippen LogP contribution in [0.3, 0.4) is 0 Å². The fraction of sp³-hybridized carbons (Fsp3) is 0.944. The van der Waals surface area contributed by atoms with E-state index in [1.165, 1.54) is 6.92 Å². The highest BCUT2D eigenvalue weighted by Gasteiger charge is 2.16. The molecule has 0 heterocycles. The normalized spacial score (nSPS) is 14.9. The summed E-state index contributed by atoms with van der Waals surface area (Å²) in [6.07, 6.45) is 0.735. The molecule has 0 aliphatic rings. The Morgan fingerprint density at radius 3 is 1.96 bits per heavy atom. The fourth-order valence-electron chi connectivity index (χ4n) is 1.31. The van der Waals surface area contributed by atoms with E-state index in [1.54, 1.807) is 14.2 Å².